The summed E-state index contributed by atoms with van der Waals surface area (Å²) in [6.45, 7) is 2.57. The molecule has 0 unspecified atom stereocenters. The molecule has 2 aromatic heterocycles. The second-order valence-corrected chi connectivity index (χ2v) is 10.3. The lowest BCUT2D eigenvalue weighted by Gasteiger charge is -2.11. The van der Waals surface area contributed by atoms with Crippen LogP contribution in [0.1, 0.15) is 16.6 Å². The van der Waals surface area contributed by atoms with E-state index in [-0.39, 0.29) is 5.91 Å². The molecular weight excluding hydrogens is 514 g/mol. The number of thiophene rings is 1. The maximum atomic E-state index is 13.7. The van der Waals surface area contributed by atoms with Crippen LogP contribution in [0.3, 0.4) is 0 Å². The van der Waals surface area contributed by atoms with Crippen LogP contribution < -0.4 is 15.8 Å². The molecule has 1 amide bonds. The molecule has 5 nitrogen and oxygen atoms in total. The number of pyridine rings is 1. The Kier molecular flexibility index (Phi) is 7.00. The zero-order valence-corrected chi connectivity index (χ0v) is 22.7. The van der Waals surface area contributed by atoms with Crippen LogP contribution in [0.4, 0.5) is 11.4 Å². The van der Waals surface area contributed by atoms with E-state index in [0.717, 1.165) is 50.3 Å². The number of nitrogens with zero attached hydrogens (tertiary/aromatic N) is 1. The number of hydrogen-bond donors (Lipinski definition) is 2. The number of nitrogens with two attached hydrogens (primary N) is 1. The molecule has 0 spiro atoms. The minimum absolute atomic E-state index is 0.259. The molecule has 196 valence electrons. The number of nitrogens with one attached hydrogen (secondary N) is 1. The lowest BCUT2D eigenvalue weighted by Crippen LogP contribution is -2.12. The molecule has 0 aliphatic rings. The number of amides is 1. The number of aromatic nitrogens is 1. The first-order valence-corrected chi connectivity index (χ1v) is 13.9. The SMILES string of the molecule is CCOc1ccc(-c2cc(-c3ccccc3)c3c(N)c(C(=O)Nc4ccccc4-c4ccccc4)sc3n2)cc1. The molecule has 0 aliphatic carbocycles. The van der Waals surface area contributed by atoms with E-state index >= 15 is 0 Å². The van der Waals surface area contributed by atoms with Crippen molar-refractivity contribution in [3.63, 3.8) is 0 Å². The summed E-state index contributed by atoms with van der Waals surface area (Å²) in [6.07, 6.45) is 0. The van der Waals surface area contributed by atoms with Crippen LogP contribution in [0.5, 0.6) is 5.75 Å². The van der Waals surface area contributed by atoms with E-state index in [4.69, 9.17) is 15.5 Å². The highest BCUT2D eigenvalue weighted by molar-refractivity contribution is 7.21. The van der Waals surface area contributed by atoms with Gasteiger partial charge in [0.1, 0.15) is 15.5 Å². The lowest BCUT2D eigenvalue weighted by molar-refractivity contribution is 0.103. The number of para-hydroxylation sites is 1. The van der Waals surface area contributed by atoms with E-state index in [2.05, 4.69) is 5.32 Å². The summed E-state index contributed by atoms with van der Waals surface area (Å²) in [5, 5.41) is 3.89. The van der Waals surface area contributed by atoms with Gasteiger partial charge in [0.2, 0.25) is 0 Å². The number of carbonyl (C=O) groups excluding carboxylic acids is 1. The van der Waals surface area contributed by atoms with Crippen molar-refractivity contribution in [2.24, 2.45) is 0 Å². The van der Waals surface area contributed by atoms with Crippen molar-refractivity contribution in [3.05, 3.63) is 120 Å². The van der Waals surface area contributed by atoms with Crippen LogP contribution in [-0.4, -0.2) is 17.5 Å². The number of hydrogen-bond acceptors (Lipinski definition) is 5. The number of ether oxygens (including phenoxy) is 1. The van der Waals surface area contributed by atoms with E-state index < -0.39 is 0 Å². The molecule has 0 radical (unpaired) electrons. The number of nitrogen functional groups attached to an aromatic ring is 1. The average molecular weight is 542 g/mol. The fourth-order valence-electron chi connectivity index (χ4n) is 4.81. The van der Waals surface area contributed by atoms with Gasteiger partial charge in [0.25, 0.3) is 5.91 Å². The second-order valence-electron chi connectivity index (χ2n) is 9.27. The molecule has 0 bridgehead atoms. The van der Waals surface area contributed by atoms with Crippen molar-refractivity contribution in [1.29, 1.82) is 0 Å². The molecule has 6 heteroatoms. The third-order valence-electron chi connectivity index (χ3n) is 6.71. The first-order valence-electron chi connectivity index (χ1n) is 13.1. The summed E-state index contributed by atoms with van der Waals surface area (Å²) >= 11 is 1.31. The van der Waals surface area contributed by atoms with Gasteiger partial charge < -0.3 is 15.8 Å². The minimum Gasteiger partial charge on any atom is -0.494 e. The molecule has 2 heterocycles. The van der Waals surface area contributed by atoms with E-state index in [1.165, 1.54) is 11.3 Å². The smallest absolute Gasteiger partial charge is 0.267 e. The van der Waals surface area contributed by atoms with E-state index in [1.54, 1.807) is 0 Å². The van der Waals surface area contributed by atoms with Crippen molar-refractivity contribution < 1.29 is 9.53 Å². The molecule has 6 rings (SSSR count). The Morgan fingerprint density at radius 2 is 1.43 bits per heavy atom. The van der Waals surface area contributed by atoms with Crippen LogP contribution in [0.2, 0.25) is 0 Å². The predicted molar refractivity (Wildman–Crippen MR) is 166 cm³/mol. The quantitative estimate of drug-likeness (QED) is 0.212. The summed E-state index contributed by atoms with van der Waals surface area (Å²) < 4.78 is 5.61. The highest BCUT2D eigenvalue weighted by atomic mass is 32.1. The maximum Gasteiger partial charge on any atom is 0.267 e. The van der Waals surface area contributed by atoms with Crippen LogP contribution in [-0.2, 0) is 0 Å². The number of fused-ring (bicyclic) bond motifs is 1. The Labute approximate surface area is 236 Å². The summed E-state index contributed by atoms with van der Waals surface area (Å²) in [5.41, 5.74) is 13.5. The molecule has 0 fully saturated rings. The monoisotopic (exact) mass is 541 g/mol. The highest BCUT2D eigenvalue weighted by Crippen LogP contribution is 2.42. The third kappa shape index (κ3) is 4.93. The van der Waals surface area contributed by atoms with Crippen LogP contribution >= 0.6 is 11.3 Å². The van der Waals surface area contributed by atoms with E-state index in [0.29, 0.717) is 22.0 Å². The van der Waals surface area contributed by atoms with Gasteiger partial charge in [0.15, 0.2) is 0 Å². The van der Waals surface area contributed by atoms with Crippen molar-refractivity contribution >= 4 is 38.8 Å². The molecule has 3 N–H and O–H groups in total. The highest BCUT2D eigenvalue weighted by Gasteiger charge is 2.22. The van der Waals surface area contributed by atoms with Gasteiger partial charge in [-0.1, -0.05) is 78.9 Å². The van der Waals surface area contributed by atoms with Gasteiger partial charge in [-0.25, -0.2) is 4.98 Å². The average Bonchev–Trinajstić information content (AvgIpc) is 3.34. The van der Waals surface area contributed by atoms with Gasteiger partial charge in [0.05, 0.1) is 18.0 Å². The summed E-state index contributed by atoms with van der Waals surface area (Å²) in [5.74, 6) is 0.552. The number of rotatable bonds is 7. The van der Waals surface area contributed by atoms with Gasteiger partial charge in [-0.05, 0) is 60.0 Å². The maximum absolute atomic E-state index is 13.7. The van der Waals surface area contributed by atoms with Crippen molar-refractivity contribution in [2.45, 2.75) is 6.92 Å². The van der Waals surface area contributed by atoms with Gasteiger partial charge in [-0.2, -0.15) is 0 Å². The summed E-state index contributed by atoms with van der Waals surface area (Å²) in [4.78, 5) is 19.8. The molecule has 40 heavy (non-hydrogen) atoms. The molecule has 0 saturated heterocycles. The number of carbonyl (C=O) groups is 1. The van der Waals surface area contributed by atoms with Crippen LogP contribution in [0.25, 0.3) is 43.7 Å². The van der Waals surface area contributed by atoms with Crippen LogP contribution in [0.15, 0.2) is 115 Å². The Hall–Kier alpha value is -4.94. The first kappa shape index (κ1) is 25.3. The summed E-state index contributed by atoms with van der Waals surface area (Å²) in [7, 11) is 0. The summed E-state index contributed by atoms with van der Waals surface area (Å²) in [6, 6.07) is 37.8. The Balaban J connectivity index is 1.44. The Morgan fingerprint density at radius 3 is 2.10 bits per heavy atom. The number of anilines is 2. The third-order valence-corrected chi connectivity index (χ3v) is 7.81. The van der Waals surface area contributed by atoms with Gasteiger partial charge >= 0.3 is 0 Å². The van der Waals surface area contributed by atoms with Gasteiger partial charge in [-0.15, -0.1) is 11.3 Å². The first-order chi connectivity index (χ1) is 19.6. The fraction of sp³-hybridized carbons (Fsp3) is 0.0588. The van der Waals surface area contributed by atoms with Crippen molar-refractivity contribution in [2.75, 3.05) is 17.7 Å². The topological polar surface area (TPSA) is 77.2 Å². The standard InChI is InChI=1S/C34H27N3O2S/c1-2-39-25-19-17-24(18-20-25)29-21-27(23-13-7-4-8-14-23)30-31(35)32(40-34(30)37-29)33(38)36-28-16-10-9-15-26(28)22-11-5-3-6-12-22/h3-21H,2,35H2,1H3,(H,36,38). The Bertz CT molecular complexity index is 1800. The normalized spacial score (nSPS) is 10.9. The zero-order chi connectivity index (χ0) is 27.5. The van der Waals surface area contributed by atoms with Crippen LogP contribution in [0, 0.1) is 0 Å². The van der Waals surface area contributed by atoms with Crippen molar-refractivity contribution in [1.82, 2.24) is 4.98 Å². The van der Waals surface area contributed by atoms with E-state index in [1.807, 2.05) is 122 Å². The van der Waals surface area contributed by atoms with Crippen molar-refractivity contribution in [3.8, 4) is 39.3 Å². The molecule has 6 aromatic rings. The fourth-order valence-corrected chi connectivity index (χ4v) is 5.83. The largest absolute Gasteiger partial charge is 0.494 e. The number of benzene rings is 4. The molecular formula is C34H27N3O2S. The van der Waals surface area contributed by atoms with Gasteiger partial charge in [0, 0.05) is 22.2 Å². The minimum atomic E-state index is -0.259. The Morgan fingerprint density at radius 1 is 0.800 bits per heavy atom. The lowest BCUT2D eigenvalue weighted by atomic mass is 9.99. The molecule has 4 aromatic carbocycles. The van der Waals surface area contributed by atoms with E-state index in [9.17, 15) is 4.79 Å². The molecule has 0 saturated carbocycles. The molecule has 0 atom stereocenters. The second kappa shape index (κ2) is 11.0. The molecule has 0 aliphatic heterocycles. The zero-order valence-electron chi connectivity index (χ0n) is 21.9. The van der Waals surface area contributed by atoms with Gasteiger partial charge in [-0.3, -0.25) is 4.79 Å². The predicted octanol–water partition coefficient (Wildman–Crippen LogP) is 8.53.